The average Bonchev–Trinajstić information content (AvgIpc) is 2.21. The fraction of sp³-hybridized carbons (Fsp3) is 1.00. The smallest absolute Gasteiger partial charge is 0.0798 e. The molecule has 1 fully saturated rings. The van der Waals surface area contributed by atoms with Crippen LogP contribution < -0.4 is 0 Å². The predicted molar refractivity (Wildman–Crippen MR) is 73.1 cm³/mol. The molecule has 1 aliphatic heterocycles. The minimum Gasteiger partial charge on any atom is -0.393 e. The van der Waals surface area contributed by atoms with Crippen molar-refractivity contribution in [2.45, 2.75) is 83.3 Å². The van der Waals surface area contributed by atoms with Crippen LogP contribution in [0, 0.1) is 0 Å². The first kappa shape index (κ1) is 16.9. The van der Waals surface area contributed by atoms with Crippen LogP contribution in [0.25, 0.3) is 0 Å². The molecule has 1 saturated heterocycles. The number of aliphatic hydroxyl groups excluding tert-OH is 2. The van der Waals surface area contributed by atoms with Gasteiger partial charge in [-0.3, -0.25) is 0 Å². The van der Waals surface area contributed by atoms with Gasteiger partial charge in [0.25, 0.3) is 0 Å². The molecule has 1 aliphatic rings. The Kier molecular flexibility index (Phi) is 5.37. The van der Waals surface area contributed by atoms with Crippen LogP contribution in [0.2, 0.25) is 0 Å². The summed E-state index contributed by atoms with van der Waals surface area (Å²) >= 11 is 0. The Bertz CT molecular complexity index is 273. The van der Waals surface area contributed by atoms with Crippen molar-refractivity contribution in [3.8, 4) is 0 Å². The Morgan fingerprint density at radius 1 is 1.16 bits per heavy atom. The SMILES string of the molecule is CC(O)CC(O)COC1CC(C)(C)N(O)C(C)(C)C1. The van der Waals surface area contributed by atoms with E-state index in [0.29, 0.717) is 19.3 Å². The van der Waals surface area contributed by atoms with E-state index in [4.69, 9.17) is 4.74 Å². The molecule has 0 aromatic carbocycles. The molecule has 19 heavy (non-hydrogen) atoms. The van der Waals surface area contributed by atoms with Crippen molar-refractivity contribution < 1.29 is 20.2 Å². The highest BCUT2D eigenvalue weighted by molar-refractivity contribution is 4.96. The maximum atomic E-state index is 10.2. The normalized spacial score (nSPS) is 27.2. The van der Waals surface area contributed by atoms with Crippen LogP contribution in [0.15, 0.2) is 0 Å². The van der Waals surface area contributed by atoms with Crippen LogP contribution >= 0.6 is 0 Å². The van der Waals surface area contributed by atoms with Gasteiger partial charge in [0.1, 0.15) is 0 Å². The van der Waals surface area contributed by atoms with Crippen molar-refractivity contribution in [3.63, 3.8) is 0 Å². The fourth-order valence-corrected chi connectivity index (χ4v) is 3.01. The monoisotopic (exact) mass is 275 g/mol. The third-order valence-electron chi connectivity index (χ3n) is 3.74. The second kappa shape index (κ2) is 6.06. The number of hydrogen-bond donors (Lipinski definition) is 3. The fourth-order valence-electron chi connectivity index (χ4n) is 3.01. The van der Waals surface area contributed by atoms with Crippen LogP contribution in [0.4, 0.5) is 0 Å². The summed E-state index contributed by atoms with van der Waals surface area (Å²) in [6.07, 6.45) is 0.607. The molecule has 3 N–H and O–H groups in total. The van der Waals surface area contributed by atoms with Crippen LogP contribution in [0.1, 0.15) is 53.9 Å². The Morgan fingerprint density at radius 3 is 2.05 bits per heavy atom. The summed E-state index contributed by atoms with van der Waals surface area (Å²) < 4.78 is 5.77. The standard InChI is InChI=1S/C14H29NO4/c1-10(16)6-11(17)9-19-12-7-13(2,3)15(18)14(4,5)8-12/h10-12,16-18H,6-9H2,1-5H3. The van der Waals surface area contributed by atoms with Gasteiger partial charge in [0.05, 0.1) is 24.9 Å². The van der Waals surface area contributed by atoms with Gasteiger partial charge in [-0.15, -0.1) is 0 Å². The summed E-state index contributed by atoms with van der Waals surface area (Å²) in [6.45, 7) is 9.81. The molecule has 0 amide bonds. The number of rotatable bonds is 5. The first-order chi connectivity index (χ1) is 8.54. The number of aliphatic hydroxyl groups is 2. The zero-order valence-corrected chi connectivity index (χ0v) is 12.8. The highest BCUT2D eigenvalue weighted by Crippen LogP contribution is 2.37. The van der Waals surface area contributed by atoms with Crippen molar-refractivity contribution in [3.05, 3.63) is 0 Å². The number of ether oxygens (including phenoxy) is 1. The van der Waals surface area contributed by atoms with Gasteiger partial charge in [-0.1, -0.05) is 0 Å². The van der Waals surface area contributed by atoms with E-state index in [2.05, 4.69) is 0 Å². The third-order valence-corrected chi connectivity index (χ3v) is 3.74. The van der Waals surface area contributed by atoms with E-state index in [1.165, 1.54) is 5.06 Å². The van der Waals surface area contributed by atoms with Crippen LogP contribution in [0.5, 0.6) is 0 Å². The number of nitrogens with zero attached hydrogens (tertiary/aromatic N) is 1. The Balaban J connectivity index is 2.52. The van der Waals surface area contributed by atoms with E-state index in [0.717, 1.165) is 0 Å². The second-order valence-corrected chi connectivity index (χ2v) is 7.04. The number of hydroxylamine groups is 2. The molecular formula is C14H29NO4. The van der Waals surface area contributed by atoms with Gasteiger partial charge < -0.3 is 20.2 Å². The van der Waals surface area contributed by atoms with Crippen molar-refractivity contribution in [1.82, 2.24) is 5.06 Å². The lowest BCUT2D eigenvalue weighted by Gasteiger charge is -2.51. The lowest BCUT2D eigenvalue weighted by atomic mass is 9.80. The third kappa shape index (κ3) is 4.68. The van der Waals surface area contributed by atoms with Gasteiger partial charge in [-0.05, 0) is 47.5 Å². The molecule has 2 unspecified atom stereocenters. The number of piperidine rings is 1. The Labute approximate surface area is 116 Å². The molecule has 114 valence electrons. The van der Waals surface area contributed by atoms with E-state index < -0.39 is 12.2 Å². The molecular weight excluding hydrogens is 246 g/mol. The summed E-state index contributed by atoms with van der Waals surface area (Å²) in [6, 6.07) is 0. The first-order valence-corrected chi connectivity index (χ1v) is 7.01. The maximum Gasteiger partial charge on any atom is 0.0798 e. The van der Waals surface area contributed by atoms with E-state index >= 15 is 0 Å². The summed E-state index contributed by atoms with van der Waals surface area (Å²) in [5, 5.41) is 30.5. The highest BCUT2D eigenvalue weighted by atomic mass is 16.5. The van der Waals surface area contributed by atoms with Gasteiger partial charge in [0.15, 0.2) is 0 Å². The van der Waals surface area contributed by atoms with Crippen molar-refractivity contribution >= 4 is 0 Å². The van der Waals surface area contributed by atoms with E-state index in [-0.39, 0.29) is 23.8 Å². The molecule has 0 bridgehead atoms. The van der Waals surface area contributed by atoms with Crippen molar-refractivity contribution in [2.75, 3.05) is 6.61 Å². The highest BCUT2D eigenvalue weighted by Gasteiger charge is 2.45. The molecule has 5 heteroatoms. The number of hydrogen-bond acceptors (Lipinski definition) is 5. The molecule has 0 spiro atoms. The molecule has 0 aromatic heterocycles. The minimum atomic E-state index is -0.640. The molecule has 0 aliphatic carbocycles. The summed E-state index contributed by atoms with van der Waals surface area (Å²) in [4.78, 5) is 0. The second-order valence-electron chi connectivity index (χ2n) is 7.04. The summed E-state index contributed by atoms with van der Waals surface area (Å²) in [5.74, 6) is 0. The average molecular weight is 275 g/mol. The molecule has 2 atom stereocenters. The lowest BCUT2D eigenvalue weighted by Crippen LogP contribution is -2.60. The lowest BCUT2D eigenvalue weighted by molar-refractivity contribution is -0.262. The van der Waals surface area contributed by atoms with E-state index in [1.807, 2.05) is 27.7 Å². The first-order valence-electron chi connectivity index (χ1n) is 7.01. The zero-order chi connectivity index (χ0) is 14.8. The van der Waals surface area contributed by atoms with Crippen molar-refractivity contribution in [1.29, 1.82) is 0 Å². The van der Waals surface area contributed by atoms with Crippen molar-refractivity contribution in [2.24, 2.45) is 0 Å². The topological polar surface area (TPSA) is 73.2 Å². The molecule has 5 nitrogen and oxygen atoms in total. The predicted octanol–water partition coefficient (Wildman–Crippen LogP) is 1.55. The molecule has 0 saturated carbocycles. The van der Waals surface area contributed by atoms with Gasteiger partial charge >= 0.3 is 0 Å². The van der Waals surface area contributed by atoms with E-state index in [9.17, 15) is 15.4 Å². The van der Waals surface area contributed by atoms with Gasteiger partial charge in [0.2, 0.25) is 0 Å². The van der Waals surface area contributed by atoms with Crippen LogP contribution in [-0.4, -0.2) is 56.5 Å². The molecule has 0 aromatic rings. The van der Waals surface area contributed by atoms with E-state index in [1.54, 1.807) is 6.92 Å². The largest absolute Gasteiger partial charge is 0.393 e. The quantitative estimate of drug-likeness (QED) is 0.710. The van der Waals surface area contributed by atoms with Gasteiger partial charge in [0, 0.05) is 17.5 Å². The Morgan fingerprint density at radius 2 is 1.63 bits per heavy atom. The molecule has 1 heterocycles. The van der Waals surface area contributed by atoms with Crippen LogP contribution in [0.3, 0.4) is 0 Å². The van der Waals surface area contributed by atoms with Gasteiger partial charge in [-0.2, -0.15) is 5.06 Å². The molecule has 0 radical (unpaired) electrons. The summed E-state index contributed by atoms with van der Waals surface area (Å²) in [5.41, 5.74) is -0.691. The summed E-state index contributed by atoms with van der Waals surface area (Å²) in [7, 11) is 0. The minimum absolute atomic E-state index is 0.0112. The van der Waals surface area contributed by atoms with Gasteiger partial charge in [-0.25, -0.2) is 0 Å². The Hall–Kier alpha value is -0.200. The maximum absolute atomic E-state index is 10.2. The van der Waals surface area contributed by atoms with Crippen LogP contribution in [-0.2, 0) is 4.74 Å². The molecule has 1 rings (SSSR count). The zero-order valence-electron chi connectivity index (χ0n) is 12.8.